The van der Waals surface area contributed by atoms with Gasteiger partial charge in [-0.25, -0.2) is 8.42 Å². The third-order valence-corrected chi connectivity index (χ3v) is 5.78. The van der Waals surface area contributed by atoms with Gasteiger partial charge in [0.15, 0.2) is 0 Å². The summed E-state index contributed by atoms with van der Waals surface area (Å²) in [5, 5.41) is 0. The maximum atomic E-state index is 12.9. The maximum Gasteiger partial charge on any atom is 0.243 e. The lowest BCUT2D eigenvalue weighted by Gasteiger charge is -2.30. The van der Waals surface area contributed by atoms with Gasteiger partial charge in [0.2, 0.25) is 10.0 Å². The van der Waals surface area contributed by atoms with Gasteiger partial charge in [-0.05, 0) is 64.5 Å². The van der Waals surface area contributed by atoms with E-state index in [1.807, 2.05) is 25.1 Å². The van der Waals surface area contributed by atoms with Crippen LogP contribution >= 0.6 is 22.6 Å². The van der Waals surface area contributed by atoms with E-state index in [-0.39, 0.29) is 6.04 Å². The SMILES string of the molecule is C=C(I)CN(C1C=CCCC1)S(=O)(=O)c1ccc(C)cc1. The first-order valence-corrected chi connectivity index (χ1v) is 9.51. The lowest BCUT2D eigenvalue weighted by atomic mass is 10.0. The predicted octanol–water partition coefficient (Wildman–Crippen LogP) is 4.04. The number of rotatable bonds is 5. The number of allylic oxidation sites excluding steroid dienone is 1. The van der Waals surface area contributed by atoms with Crippen molar-refractivity contribution in [3.63, 3.8) is 0 Å². The van der Waals surface area contributed by atoms with Crippen molar-refractivity contribution in [1.29, 1.82) is 0 Å². The minimum absolute atomic E-state index is 0.0726. The maximum absolute atomic E-state index is 12.9. The highest BCUT2D eigenvalue weighted by Gasteiger charge is 2.30. The Morgan fingerprint density at radius 2 is 2.05 bits per heavy atom. The molecule has 0 fully saturated rings. The van der Waals surface area contributed by atoms with Crippen molar-refractivity contribution >= 4 is 32.6 Å². The van der Waals surface area contributed by atoms with Crippen molar-refractivity contribution in [2.75, 3.05) is 6.54 Å². The van der Waals surface area contributed by atoms with Gasteiger partial charge in [-0.15, -0.1) is 0 Å². The van der Waals surface area contributed by atoms with Crippen molar-refractivity contribution in [3.05, 3.63) is 52.1 Å². The minimum Gasteiger partial charge on any atom is -0.207 e. The molecule has 3 nitrogen and oxygen atoms in total. The largest absolute Gasteiger partial charge is 0.243 e. The van der Waals surface area contributed by atoms with E-state index in [9.17, 15) is 8.42 Å². The van der Waals surface area contributed by atoms with Gasteiger partial charge in [0.1, 0.15) is 0 Å². The molecule has 21 heavy (non-hydrogen) atoms. The zero-order valence-electron chi connectivity index (χ0n) is 12.1. The third-order valence-electron chi connectivity index (χ3n) is 3.55. The average molecular weight is 417 g/mol. The van der Waals surface area contributed by atoms with Crippen molar-refractivity contribution in [3.8, 4) is 0 Å². The van der Waals surface area contributed by atoms with E-state index in [4.69, 9.17) is 0 Å². The molecule has 1 aromatic rings. The second-order valence-corrected chi connectivity index (χ2v) is 8.72. The van der Waals surface area contributed by atoms with Gasteiger partial charge in [-0.2, -0.15) is 4.31 Å². The van der Waals surface area contributed by atoms with Crippen LogP contribution < -0.4 is 0 Å². The van der Waals surface area contributed by atoms with Crippen LogP contribution in [-0.2, 0) is 10.0 Å². The van der Waals surface area contributed by atoms with Gasteiger partial charge in [0.25, 0.3) is 0 Å². The summed E-state index contributed by atoms with van der Waals surface area (Å²) in [6.45, 7) is 6.17. The van der Waals surface area contributed by atoms with Crippen molar-refractivity contribution in [1.82, 2.24) is 4.31 Å². The standard InChI is InChI=1S/C16H20INO2S/c1-13-8-10-16(11-9-13)21(19,20)18(12-14(2)17)15-6-4-3-5-7-15/h4,6,8-11,15H,2-3,5,7,12H2,1H3. The summed E-state index contributed by atoms with van der Waals surface area (Å²) in [5.41, 5.74) is 1.05. The molecule has 0 saturated carbocycles. The first kappa shape index (κ1) is 16.7. The Kier molecular flexibility index (Phi) is 5.62. The van der Waals surface area contributed by atoms with E-state index in [0.29, 0.717) is 11.4 Å². The third kappa shape index (κ3) is 4.17. The molecule has 1 unspecified atom stereocenters. The van der Waals surface area contributed by atoms with Crippen LogP contribution in [0.5, 0.6) is 0 Å². The summed E-state index contributed by atoms with van der Waals surface area (Å²) in [4.78, 5) is 0.352. The van der Waals surface area contributed by atoms with E-state index in [1.54, 1.807) is 16.4 Å². The Morgan fingerprint density at radius 1 is 1.38 bits per heavy atom. The minimum atomic E-state index is -3.50. The quantitative estimate of drug-likeness (QED) is 0.536. The van der Waals surface area contributed by atoms with E-state index >= 15 is 0 Å². The van der Waals surface area contributed by atoms with Gasteiger partial charge in [0, 0.05) is 12.6 Å². The Balaban J connectivity index is 2.38. The number of nitrogens with zero attached hydrogens (tertiary/aromatic N) is 1. The summed E-state index contributed by atoms with van der Waals surface area (Å²) in [7, 11) is -3.50. The van der Waals surface area contributed by atoms with Gasteiger partial charge < -0.3 is 0 Å². The van der Waals surface area contributed by atoms with Crippen LogP contribution in [0.2, 0.25) is 0 Å². The van der Waals surface area contributed by atoms with Gasteiger partial charge in [-0.3, -0.25) is 0 Å². The van der Waals surface area contributed by atoms with Crippen molar-refractivity contribution in [2.45, 2.75) is 37.1 Å². The summed E-state index contributed by atoms with van der Waals surface area (Å²) >= 11 is 2.09. The Labute approximate surface area is 140 Å². The molecule has 1 aliphatic rings. The molecule has 0 spiro atoms. The lowest BCUT2D eigenvalue weighted by molar-refractivity contribution is 0.360. The second-order valence-electron chi connectivity index (χ2n) is 5.31. The lowest BCUT2D eigenvalue weighted by Crippen LogP contribution is -2.40. The molecular formula is C16H20INO2S. The molecule has 0 aliphatic heterocycles. The van der Waals surface area contributed by atoms with Crippen LogP contribution in [-0.4, -0.2) is 25.3 Å². The van der Waals surface area contributed by atoms with Crippen LogP contribution in [0.25, 0.3) is 0 Å². The molecule has 1 atom stereocenters. The normalized spacial score (nSPS) is 18.9. The number of hydrogen-bond donors (Lipinski definition) is 0. The van der Waals surface area contributed by atoms with Crippen LogP contribution in [0.1, 0.15) is 24.8 Å². The monoisotopic (exact) mass is 417 g/mol. The van der Waals surface area contributed by atoms with Gasteiger partial charge >= 0.3 is 0 Å². The molecule has 0 N–H and O–H groups in total. The fourth-order valence-electron chi connectivity index (χ4n) is 2.43. The number of sulfonamides is 1. The fraction of sp³-hybridized carbons (Fsp3) is 0.375. The van der Waals surface area contributed by atoms with Crippen molar-refractivity contribution in [2.24, 2.45) is 0 Å². The highest BCUT2D eigenvalue weighted by molar-refractivity contribution is 14.1. The van der Waals surface area contributed by atoms with E-state index < -0.39 is 10.0 Å². The van der Waals surface area contributed by atoms with E-state index in [2.05, 4.69) is 35.2 Å². The summed E-state index contributed by atoms with van der Waals surface area (Å²) < 4.78 is 28.2. The highest BCUT2D eigenvalue weighted by atomic mass is 127. The van der Waals surface area contributed by atoms with Gasteiger partial charge in [0.05, 0.1) is 4.90 Å². The molecule has 114 valence electrons. The van der Waals surface area contributed by atoms with Crippen LogP contribution in [0, 0.1) is 6.92 Å². The van der Waals surface area contributed by atoms with Crippen molar-refractivity contribution < 1.29 is 8.42 Å². The highest BCUT2D eigenvalue weighted by Crippen LogP contribution is 2.26. The molecule has 5 heteroatoms. The predicted molar refractivity (Wildman–Crippen MR) is 95.0 cm³/mol. The Bertz CT molecular complexity index is 635. The number of aryl methyl sites for hydroxylation is 1. The molecule has 0 bridgehead atoms. The van der Waals surface area contributed by atoms with Crippen LogP contribution in [0.15, 0.2) is 51.5 Å². The topological polar surface area (TPSA) is 37.4 Å². The Hall–Kier alpha value is -0.660. The second kappa shape index (κ2) is 7.07. The molecule has 0 saturated heterocycles. The number of benzene rings is 1. The molecular weight excluding hydrogens is 397 g/mol. The molecule has 2 rings (SSSR count). The molecule has 0 aromatic heterocycles. The fourth-order valence-corrected chi connectivity index (χ4v) is 4.64. The van der Waals surface area contributed by atoms with Gasteiger partial charge in [-0.1, -0.05) is 36.4 Å². The van der Waals surface area contributed by atoms with E-state index in [1.165, 1.54) is 0 Å². The zero-order valence-corrected chi connectivity index (χ0v) is 15.1. The zero-order chi connectivity index (χ0) is 15.5. The molecule has 0 heterocycles. The first-order chi connectivity index (χ1) is 9.91. The smallest absolute Gasteiger partial charge is 0.207 e. The van der Waals surface area contributed by atoms with Crippen LogP contribution in [0.4, 0.5) is 0 Å². The summed E-state index contributed by atoms with van der Waals surface area (Å²) in [5.74, 6) is 0. The number of hydrogen-bond acceptors (Lipinski definition) is 2. The first-order valence-electron chi connectivity index (χ1n) is 7.00. The molecule has 0 radical (unpaired) electrons. The average Bonchev–Trinajstić information content (AvgIpc) is 2.46. The number of halogens is 1. The van der Waals surface area contributed by atoms with Crippen LogP contribution in [0.3, 0.4) is 0 Å². The molecule has 0 amide bonds. The Morgan fingerprint density at radius 3 is 2.57 bits per heavy atom. The molecule has 1 aliphatic carbocycles. The summed E-state index contributed by atoms with van der Waals surface area (Å²) in [6, 6.07) is 6.96. The molecule has 1 aromatic carbocycles. The summed E-state index contributed by atoms with van der Waals surface area (Å²) in [6.07, 6.45) is 7.00. The van der Waals surface area contributed by atoms with E-state index in [0.717, 1.165) is 28.4 Å².